The topological polar surface area (TPSA) is 125 Å². The number of nitrogens with two attached hydrogens (primary N) is 1. The van der Waals surface area contributed by atoms with Gasteiger partial charge in [0.05, 0.1) is 12.7 Å². The third-order valence-electron chi connectivity index (χ3n) is 5.77. The lowest BCUT2D eigenvalue weighted by Crippen LogP contribution is -2.54. The molecule has 9 nitrogen and oxygen atoms in total. The number of hydrogen-bond acceptors (Lipinski definition) is 5. The zero-order valence-corrected chi connectivity index (χ0v) is 17.9. The number of halogens is 1. The van der Waals surface area contributed by atoms with E-state index in [0.717, 1.165) is 0 Å². The molecule has 0 aliphatic carbocycles. The van der Waals surface area contributed by atoms with Crippen molar-refractivity contribution in [3.8, 4) is 0 Å². The maximum Gasteiger partial charge on any atom is 0.316 e. The second kappa shape index (κ2) is 8.78. The zero-order chi connectivity index (χ0) is 22.9. The van der Waals surface area contributed by atoms with Crippen LogP contribution in [0.1, 0.15) is 12.0 Å². The first-order valence-corrected chi connectivity index (χ1v) is 10.5. The number of nitrogens with one attached hydrogen (secondary N) is 1. The van der Waals surface area contributed by atoms with E-state index in [1.165, 1.54) is 4.90 Å². The number of rotatable bonds is 4. The number of likely N-dealkylation sites (tertiary alicyclic amines) is 1. The molecule has 2 heterocycles. The van der Waals surface area contributed by atoms with Gasteiger partial charge in [-0.1, -0.05) is 23.7 Å². The van der Waals surface area contributed by atoms with E-state index in [1.54, 1.807) is 53.4 Å². The molecule has 0 aromatic heterocycles. The van der Waals surface area contributed by atoms with E-state index in [1.807, 2.05) is 0 Å². The Balaban J connectivity index is 1.63. The van der Waals surface area contributed by atoms with Crippen molar-refractivity contribution in [3.05, 3.63) is 59.1 Å². The van der Waals surface area contributed by atoms with E-state index < -0.39 is 23.6 Å². The summed E-state index contributed by atoms with van der Waals surface area (Å²) >= 11 is 6.00. The Morgan fingerprint density at radius 2 is 1.84 bits per heavy atom. The largest absolute Gasteiger partial charge is 0.391 e. The molecule has 2 saturated heterocycles. The Kier molecular flexibility index (Phi) is 6.05. The Bertz CT molecular complexity index is 1030. The van der Waals surface area contributed by atoms with Crippen molar-refractivity contribution in [1.82, 2.24) is 4.90 Å². The first-order chi connectivity index (χ1) is 15.3. The summed E-state index contributed by atoms with van der Waals surface area (Å²) in [6, 6.07) is 12.5. The predicted octanol–water partition coefficient (Wildman–Crippen LogP) is 1.68. The van der Waals surface area contributed by atoms with Gasteiger partial charge < -0.3 is 30.7 Å². The SMILES string of the molecule is NC(=O)N1C[C@H](O)C[C@]1(C(=O)Nc1ccc(N2CCOCC2=O)cc1)c1ccc(Cl)cc1. The summed E-state index contributed by atoms with van der Waals surface area (Å²) in [5, 5.41) is 13.6. The number of morpholine rings is 1. The minimum Gasteiger partial charge on any atom is -0.391 e. The van der Waals surface area contributed by atoms with Crippen molar-refractivity contribution >= 4 is 40.8 Å². The molecule has 10 heteroatoms. The van der Waals surface area contributed by atoms with Crippen LogP contribution >= 0.6 is 11.6 Å². The van der Waals surface area contributed by atoms with E-state index in [-0.39, 0.29) is 25.5 Å². The van der Waals surface area contributed by atoms with E-state index in [9.17, 15) is 19.5 Å². The monoisotopic (exact) mass is 458 g/mol. The van der Waals surface area contributed by atoms with Crippen LogP contribution in [-0.2, 0) is 19.9 Å². The highest BCUT2D eigenvalue weighted by Crippen LogP contribution is 2.40. The molecule has 4 amide bonds. The molecule has 2 fully saturated rings. The van der Waals surface area contributed by atoms with Gasteiger partial charge in [-0.2, -0.15) is 0 Å². The van der Waals surface area contributed by atoms with Gasteiger partial charge in [0.1, 0.15) is 6.61 Å². The molecule has 2 aromatic rings. The number of ether oxygens (including phenoxy) is 1. The molecule has 0 radical (unpaired) electrons. The maximum atomic E-state index is 13.5. The van der Waals surface area contributed by atoms with Gasteiger partial charge in [0, 0.05) is 35.9 Å². The number of nitrogens with zero attached hydrogens (tertiary/aromatic N) is 2. The summed E-state index contributed by atoms with van der Waals surface area (Å²) in [6.45, 7) is 0.881. The highest BCUT2D eigenvalue weighted by molar-refractivity contribution is 6.30. The van der Waals surface area contributed by atoms with Crippen LogP contribution in [0.15, 0.2) is 48.5 Å². The molecule has 0 spiro atoms. The summed E-state index contributed by atoms with van der Waals surface area (Å²) in [7, 11) is 0. The third kappa shape index (κ3) is 4.02. The number of anilines is 2. The summed E-state index contributed by atoms with van der Waals surface area (Å²) in [4.78, 5) is 40.6. The quantitative estimate of drug-likeness (QED) is 0.642. The Labute approximate surface area is 189 Å². The number of hydrogen-bond donors (Lipinski definition) is 3. The molecule has 2 aliphatic rings. The first kappa shape index (κ1) is 22.1. The van der Waals surface area contributed by atoms with Crippen LogP contribution in [0.25, 0.3) is 0 Å². The highest BCUT2D eigenvalue weighted by atomic mass is 35.5. The first-order valence-electron chi connectivity index (χ1n) is 10.1. The summed E-state index contributed by atoms with van der Waals surface area (Å²) in [5.74, 6) is -0.642. The normalized spacial score (nSPS) is 23.3. The maximum absolute atomic E-state index is 13.5. The minimum atomic E-state index is -1.49. The van der Waals surface area contributed by atoms with E-state index in [4.69, 9.17) is 22.1 Å². The molecule has 0 saturated carbocycles. The van der Waals surface area contributed by atoms with Crippen LogP contribution < -0.4 is 16.0 Å². The number of carbonyl (C=O) groups excluding carboxylic acids is 3. The number of amides is 4. The van der Waals surface area contributed by atoms with Crippen molar-refractivity contribution in [2.45, 2.75) is 18.1 Å². The average molecular weight is 459 g/mol. The molecule has 2 aromatic carbocycles. The fraction of sp³-hybridized carbons (Fsp3) is 0.318. The van der Waals surface area contributed by atoms with Crippen LogP contribution in [0.3, 0.4) is 0 Å². The van der Waals surface area contributed by atoms with E-state index >= 15 is 0 Å². The third-order valence-corrected chi connectivity index (χ3v) is 6.02. The van der Waals surface area contributed by atoms with Crippen molar-refractivity contribution in [1.29, 1.82) is 0 Å². The molecule has 0 unspecified atom stereocenters. The average Bonchev–Trinajstić information content (AvgIpc) is 3.14. The molecular weight excluding hydrogens is 436 g/mol. The lowest BCUT2D eigenvalue weighted by Gasteiger charge is -2.36. The van der Waals surface area contributed by atoms with Gasteiger partial charge >= 0.3 is 6.03 Å². The molecule has 0 bridgehead atoms. The molecule has 4 rings (SSSR count). The number of aliphatic hydroxyl groups is 1. The molecule has 4 N–H and O–H groups in total. The number of urea groups is 1. The molecule has 32 heavy (non-hydrogen) atoms. The molecule has 168 valence electrons. The minimum absolute atomic E-state index is 0.0101. The highest BCUT2D eigenvalue weighted by Gasteiger charge is 2.54. The van der Waals surface area contributed by atoms with Crippen molar-refractivity contribution < 1.29 is 24.2 Å². The number of benzene rings is 2. The number of β-amino-alcohol motifs (C(OH)–C–C–N with tert-alkyl or cyclic N) is 1. The fourth-order valence-corrected chi connectivity index (χ4v) is 4.38. The number of aliphatic hydroxyl groups excluding tert-OH is 1. The second-order valence-electron chi connectivity index (χ2n) is 7.77. The van der Waals surface area contributed by atoms with Gasteiger partial charge in [-0.15, -0.1) is 0 Å². The van der Waals surface area contributed by atoms with Crippen LogP contribution in [-0.4, -0.2) is 60.3 Å². The van der Waals surface area contributed by atoms with Gasteiger partial charge in [0.2, 0.25) is 0 Å². The standard InChI is InChI=1S/C22H23ClN4O5/c23-15-3-1-14(2-4-15)22(11-18(28)12-27(22)21(24)31)20(30)25-16-5-7-17(8-6-16)26-9-10-32-13-19(26)29/h1-8,18,28H,9-13H2,(H2,24,31)(H,25,30)/t18-,22-/m1/s1. The van der Waals surface area contributed by atoms with Crippen LogP contribution in [0.4, 0.5) is 16.2 Å². The smallest absolute Gasteiger partial charge is 0.316 e. The van der Waals surface area contributed by atoms with Gasteiger partial charge in [-0.05, 0) is 42.0 Å². The van der Waals surface area contributed by atoms with Crippen LogP contribution in [0.5, 0.6) is 0 Å². The van der Waals surface area contributed by atoms with Crippen LogP contribution in [0.2, 0.25) is 5.02 Å². The summed E-state index contributed by atoms with van der Waals surface area (Å²) in [6.07, 6.45) is -0.928. The Hall–Kier alpha value is -3.14. The van der Waals surface area contributed by atoms with Crippen molar-refractivity contribution in [2.75, 3.05) is 36.5 Å². The predicted molar refractivity (Wildman–Crippen MR) is 118 cm³/mol. The van der Waals surface area contributed by atoms with Crippen molar-refractivity contribution in [2.24, 2.45) is 5.73 Å². The second-order valence-corrected chi connectivity index (χ2v) is 8.21. The molecule has 2 aliphatic heterocycles. The zero-order valence-electron chi connectivity index (χ0n) is 17.2. The lowest BCUT2D eigenvalue weighted by molar-refractivity contribution is -0.126. The van der Waals surface area contributed by atoms with Gasteiger partial charge in [-0.3, -0.25) is 9.59 Å². The molecule has 2 atom stereocenters. The Morgan fingerprint density at radius 3 is 2.47 bits per heavy atom. The lowest BCUT2D eigenvalue weighted by atomic mass is 9.85. The summed E-state index contributed by atoms with van der Waals surface area (Å²) in [5.41, 5.74) is 5.74. The van der Waals surface area contributed by atoms with Gasteiger partial charge in [0.15, 0.2) is 5.54 Å². The fourth-order valence-electron chi connectivity index (χ4n) is 4.26. The van der Waals surface area contributed by atoms with Gasteiger partial charge in [-0.25, -0.2) is 4.79 Å². The van der Waals surface area contributed by atoms with E-state index in [2.05, 4.69) is 5.32 Å². The van der Waals surface area contributed by atoms with Crippen molar-refractivity contribution in [3.63, 3.8) is 0 Å². The van der Waals surface area contributed by atoms with Crippen LogP contribution in [0, 0.1) is 0 Å². The number of primary amides is 1. The number of carbonyl (C=O) groups is 3. The summed E-state index contributed by atoms with van der Waals surface area (Å²) < 4.78 is 5.15. The Morgan fingerprint density at radius 1 is 1.16 bits per heavy atom. The van der Waals surface area contributed by atoms with Gasteiger partial charge in [0.25, 0.3) is 11.8 Å². The van der Waals surface area contributed by atoms with E-state index in [0.29, 0.717) is 35.1 Å². The molecular formula is C22H23ClN4O5.